The van der Waals surface area contributed by atoms with Crippen LogP contribution in [0.3, 0.4) is 0 Å². The molecule has 2 aliphatic heterocycles. The highest BCUT2D eigenvalue weighted by atomic mass is 35.5. The van der Waals surface area contributed by atoms with Gasteiger partial charge in [0.25, 0.3) is 11.1 Å². The lowest BCUT2D eigenvalue weighted by atomic mass is 10.1. The second-order valence-electron chi connectivity index (χ2n) is 17.3. The number of aromatic amines is 2. The number of anilines is 2. The minimum Gasteiger partial charge on any atom is -0.492 e. The van der Waals surface area contributed by atoms with Crippen LogP contribution < -0.4 is 32.2 Å². The molecular weight excluding hydrogens is 1200 g/mol. The van der Waals surface area contributed by atoms with Crippen LogP contribution in [0, 0.1) is 0 Å². The van der Waals surface area contributed by atoms with Crippen molar-refractivity contribution in [1.29, 1.82) is 0 Å². The quantitative estimate of drug-likeness (QED) is 0.0250. The summed E-state index contributed by atoms with van der Waals surface area (Å²) in [6, 6.07) is 12.7. The number of fused-ring (bicyclic) bond motifs is 3. The average molecular weight is 1250 g/mol. The zero-order valence-electron chi connectivity index (χ0n) is 41.9. The number of nitrogens with one attached hydrogen (secondary N) is 3. The number of hydrogen-bond donors (Lipinski definition) is 10. The van der Waals surface area contributed by atoms with Crippen molar-refractivity contribution in [3.05, 3.63) is 93.2 Å². The number of benzene rings is 2. The summed E-state index contributed by atoms with van der Waals surface area (Å²) in [5.41, 5.74) is 5.59. The van der Waals surface area contributed by atoms with E-state index in [4.69, 9.17) is 58.5 Å². The van der Waals surface area contributed by atoms with Gasteiger partial charge in [0.05, 0.1) is 32.4 Å². The summed E-state index contributed by atoms with van der Waals surface area (Å²) >= 11 is 7.23. The topological polar surface area (TPSA) is 447 Å². The molecule has 2 saturated heterocycles. The minimum atomic E-state index is -5.38. The molecule has 0 radical (unpaired) electrons. The van der Waals surface area contributed by atoms with E-state index in [0.29, 0.717) is 33.1 Å². The van der Waals surface area contributed by atoms with Crippen molar-refractivity contribution in [3.63, 3.8) is 0 Å². The van der Waals surface area contributed by atoms with Crippen LogP contribution in [0.15, 0.2) is 82.3 Å². The van der Waals surface area contributed by atoms with Gasteiger partial charge in [0.2, 0.25) is 14.3 Å². The molecule has 10 rings (SSSR count). The molecule has 0 spiro atoms. The van der Waals surface area contributed by atoms with Crippen LogP contribution in [0.25, 0.3) is 44.9 Å². The van der Waals surface area contributed by atoms with Crippen LogP contribution in [0.2, 0.25) is 5.02 Å². The molecular formula is C42H49ClN14O19P4S. The number of phosphoric acid groups is 2. The Bertz CT molecular complexity index is 3800. The van der Waals surface area contributed by atoms with Gasteiger partial charge in [-0.2, -0.15) is 4.98 Å². The molecule has 0 saturated carbocycles. The molecule has 2 aliphatic rings. The molecule has 12 unspecified atom stereocenters. The third-order valence-electron chi connectivity index (χ3n) is 12.4. The number of aliphatic hydroxyl groups excluding tert-OH is 2. The largest absolute Gasteiger partial charge is 0.492 e. The summed E-state index contributed by atoms with van der Waals surface area (Å²) in [4.78, 5) is 104. The van der Waals surface area contributed by atoms with E-state index in [1.54, 1.807) is 54.3 Å². The Hall–Kier alpha value is -5.51. The maximum Gasteiger partial charge on any atom is 0.479 e. The van der Waals surface area contributed by atoms with E-state index >= 15 is 0 Å². The molecule has 2 aromatic carbocycles. The molecule has 0 aliphatic carbocycles. The van der Waals surface area contributed by atoms with Gasteiger partial charge in [-0.25, -0.2) is 43.3 Å². The molecule has 8 heterocycles. The lowest BCUT2D eigenvalue weighted by Crippen LogP contribution is -2.38. The van der Waals surface area contributed by atoms with Crippen LogP contribution in [0.4, 0.5) is 11.8 Å². The molecule has 11 N–H and O–H groups in total. The van der Waals surface area contributed by atoms with Gasteiger partial charge in [0.1, 0.15) is 66.6 Å². The predicted molar refractivity (Wildman–Crippen MR) is 289 cm³/mol. The molecule has 39 heteroatoms. The van der Waals surface area contributed by atoms with Gasteiger partial charge in [-0.05, 0) is 42.7 Å². The van der Waals surface area contributed by atoms with Crippen LogP contribution >= 0.6 is 56.0 Å². The Labute approximate surface area is 467 Å². The molecule has 0 bridgehead atoms. The van der Waals surface area contributed by atoms with Crippen molar-refractivity contribution in [2.45, 2.75) is 60.8 Å². The van der Waals surface area contributed by atoms with Gasteiger partial charge in [0.15, 0.2) is 51.4 Å². The van der Waals surface area contributed by atoms with Gasteiger partial charge in [0, 0.05) is 31.5 Å². The van der Waals surface area contributed by atoms with Gasteiger partial charge in [-0.3, -0.25) is 46.6 Å². The van der Waals surface area contributed by atoms with Crippen LogP contribution in [0.1, 0.15) is 13.9 Å². The number of aliphatic hydroxyl groups is 2. The summed E-state index contributed by atoms with van der Waals surface area (Å²) in [5.74, 6) is 0.915. The molecule has 6 aromatic heterocycles. The SMILES string of the molecule is CNc1ncnc2c1ncn2C1OC(COP(=O)(O)OP(O)OP(O)c2ccc(-c3nc4nc(SC)[nH]c(=O)c4n3CCOc3ccc(Cl)cc3)cc2)C(OP(=O)(O)OCC2OC(n3cnc4c(=O)[nH]c(N)nc43)C(O)C2O)C1OC.[HH]. The highest BCUT2D eigenvalue weighted by Crippen LogP contribution is 2.60. The van der Waals surface area contributed by atoms with Crippen LogP contribution in [-0.4, -0.2) is 165 Å². The molecule has 8 aromatic rings. The number of imidazole rings is 3. The number of phosphoric ester groups is 2. The first-order valence-electron chi connectivity index (χ1n) is 23.5. The Morgan fingerprint density at radius 1 is 0.852 bits per heavy atom. The maximum atomic E-state index is 13.8. The van der Waals surface area contributed by atoms with Crippen molar-refractivity contribution < 1.29 is 81.5 Å². The Balaban J connectivity index is 0.00000810. The highest BCUT2D eigenvalue weighted by molar-refractivity contribution is 7.98. The molecule has 434 valence electrons. The van der Waals surface area contributed by atoms with E-state index in [0.717, 1.165) is 10.9 Å². The first-order valence-corrected chi connectivity index (χ1v) is 30.5. The van der Waals surface area contributed by atoms with E-state index in [1.807, 2.05) is 0 Å². The van der Waals surface area contributed by atoms with Gasteiger partial charge >= 0.3 is 24.2 Å². The number of thioether (sulfide) groups is 1. The Morgan fingerprint density at radius 2 is 1.54 bits per heavy atom. The van der Waals surface area contributed by atoms with Crippen molar-refractivity contribution in [1.82, 2.24) is 58.6 Å². The highest BCUT2D eigenvalue weighted by Gasteiger charge is 2.52. The lowest BCUT2D eigenvalue weighted by Gasteiger charge is -2.26. The van der Waals surface area contributed by atoms with E-state index in [2.05, 4.69) is 50.2 Å². The van der Waals surface area contributed by atoms with Crippen LogP contribution in [-0.2, 0) is 52.1 Å². The third-order valence-corrected chi connectivity index (χ3v) is 18.0. The third kappa shape index (κ3) is 12.6. The number of halogens is 1. The Kier molecular flexibility index (Phi) is 17.7. The van der Waals surface area contributed by atoms with E-state index in [-0.39, 0.29) is 59.3 Å². The zero-order valence-corrected chi connectivity index (χ0v) is 47.1. The second kappa shape index (κ2) is 24.4. The molecule has 81 heavy (non-hydrogen) atoms. The summed E-state index contributed by atoms with van der Waals surface area (Å²) < 4.78 is 81.2. The number of aromatic nitrogens is 12. The normalized spacial score (nSPS) is 23.5. The number of nitrogen functional groups attached to an aromatic ring is 1. The molecule has 2 fully saturated rings. The van der Waals surface area contributed by atoms with Crippen molar-refractivity contribution in [3.8, 4) is 17.1 Å². The number of nitrogens with two attached hydrogens (primary N) is 1. The monoisotopic (exact) mass is 1240 g/mol. The summed E-state index contributed by atoms with van der Waals surface area (Å²) in [7, 11) is -14.0. The lowest BCUT2D eigenvalue weighted by molar-refractivity contribution is -0.0581. The minimum absolute atomic E-state index is 0. The molecule has 12 atom stereocenters. The number of methoxy groups -OCH3 is 1. The summed E-state index contributed by atoms with van der Waals surface area (Å²) in [5, 5.41) is 25.7. The van der Waals surface area contributed by atoms with Crippen molar-refractivity contribution in [2.24, 2.45) is 0 Å². The summed E-state index contributed by atoms with van der Waals surface area (Å²) in [6.07, 6.45) is -7.05. The molecule has 0 amide bonds. The zero-order chi connectivity index (χ0) is 57.5. The first kappa shape index (κ1) is 58.7. The van der Waals surface area contributed by atoms with E-state index < -0.39 is 106 Å². The number of ether oxygens (including phenoxy) is 4. The number of hydrogen-bond acceptors (Lipinski definition) is 27. The fourth-order valence-electron chi connectivity index (χ4n) is 8.73. The predicted octanol–water partition coefficient (Wildman–Crippen LogP) is 2.42. The van der Waals surface area contributed by atoms with E-state index in [1.165, 1.54) is 48.2 Å². The van der Waals surface area contributed by atoms with Gasteiger partial charge < -0.3 is 64.4 Å². The summed E-state index contributed by atoms with van der Waals surface area (Å²) in [6.45, 7) is -1.59. The number of H-pyrrole nitrogens is 2. The first-order chi connectivity index (χ1) is 38.7. The fraction of sp³-hybridized carbons (Fsp3) is 0.357. The van der Waals surface area contributed by atoms with Gasteiger partial charge in [-0.15, -0.1) is 0 Å². The molecule has 33 nitrogen and oxygen atoms in total. The number of rotatable bonds is 23. The van der Waals surface area contributed by atoms with Crippen molar-refractivity contribution in [2.75, 3.05) is 51.3 Å². The van der Waals surface area contributed by atoms with Gasteiger partial charge in [-0.1, -0.05) is 35.5 Å². The second-order valence-corrected chi connectivity index (χ2v) is 24.0. The number of nitrogens with zero attached hydrogens (tertiary/aromatic N) is 10. The van der Waals surface area contributed by atoms with Crippen LogP contribution in [0.5, 0.6) is 5.75 Å². The maximum absolute atomic E-state index is 13.8. The van der Waals surface area contributed by atoms with Crippen molar-refractivity contribution >= 4 is 107 Å². The Morgan fingerprint density at radius 3 is 2.26 bits per heavy atom. The average Bonchev–Trinajstić information content (AvgIpc) is 4.45. The standard InChI is InChI=1S/C42H47ClN14O19P4S.H2/c1-45-32-25-35(47-16-46-32)56(17-48-25)40-31(68-2)30(74-79(64,65)70-14-23-28(58)29(59)39(72-23)57-18-49-26-36(57)52-41(44)53-37(26)60)24(73-40)15-71-80(66,67)76-78(63)75-77(62)22-10-4-19(5-11-22)34-50-33-27(38(61)54-42(51-33)81-3)55(34)12-13-69-21-8-6-20(43)7-9-21;/h4-11,16-18,23-24,28-31,39-40,58-59,62-63H,12-15H2,1-3H3,(H,64,65)(H,66,67)(H,45,46,47)(H,51,54,61)(H3,44,52,53,60);1H. The van der Waals surface area contributed by atoms with E-state index in [9.17, 15) is 48.5 Å². The fourth-order valence-corrected chi connectivity index (χ4v) is 13.1. The smallest absolute Gasteiger partial charge is 0.479 e.